The summed E-state index contributed by atoms with van der Waals surface area (Å²) in [4.78, 5) is 11.8. The van der Waals surface area contributed by atoms with Crippen LogP contribution in [0.15, 0.2) is 36.7 Å². The number of rotatable bonds is 4. The van der Waals surface area contributed by atoms with Crippen LogP contribution in [0, 0.1) is 0 Å². The molecule has 0 aliphatic heterocycles. The van der Waals surface area contributed by atoms with Gasteiger partial charge in [-0.25, -0.2) is 0 Å². The first-order valence-corrected chi connectivity index (χ1v) is 6.05. The van der Waals surface area contributed by atoms with Gasteiger partial charge in [0, 0.05) is 16.8 Å². The normalized spacial score (nSPS) is 12.1. The van der Waals surface area contributed by atoms with E-state index in [4.69, 9.17) is 11.6 Å². The van der Waals surface area contributed by atoms with Crippen LogP contribution in [0.3, 0.4) is 0 Å². The maximum atomic E-state index is 11.8. The van der Waals surface area contributed by atoms with Crippen molar-refractivity contribution in [3.63, 3.8) is 0 Å². The fraction of sp³-hybridized carbons (Fsp3) is 0.231. The molecule has 0 spiro atoms. The second kappa shape index (κ2) is 5.69. The highest BCUT2D eigenvalue weighted by molar-refractivity contribution is 6.30. The van der Waals surface area contributed by atoms with Crippen LogP contribution in [0.2, 0.25) is 5.02 Å². The van der Waals surface area contributed by atoms with Crippen LogP contribution >= 0.6 is 11.6 Å². The van der Waals surface area contributed by atoms with Gasteiger partial charge in [-0.05, 0) is 24.6 Å². The summed E-state index contributed by atoms with van der Waals surface area (Å²) in [6.07, 6.45) is 3.82. The highest BCUT2D eigenvalue weighted by atomic mass is 35.5. The molecule has 0 saturated heterocycles. The molecule has 0 radical (unpaired) electrons. The van der Waals surface area contributed by atoms with Crippen molar-refractivity contribution in [1.29, 1.82) is 0 Å². The summed E-state index contributed by atoms with van der Waals surface area (Å²) in [6.45, 7) is 1.92. The minimum Gasteiger partial charge on any atom is -0.349 e. The van der Waals surface area contributed by atoms with Gasteiger partial charge in [0.25, 0.3) is 0 Å². The molecule has 0 fully saturated rings. The Morgan fingerprint density at radius 3 is 2.78 bits per heavy atom. The number of H-pyrrole nitrogens is 1. The van der Waals surface area contributed by atoms with Crippen LogP contribution in [0.4, 0.5) is 0 Å². The van der Waals surface area contributed by atoms with Crippen molar-refractivity contribution in [2.24, 2.45) is 0 Å². The Morgan fingerprint density at radius 1 is 1.44 bits per heavy atom. The lowest BCUT2D eigenvalue weighted by Crippen LogP contribution is -2.27. The fourth-order valence-corrected chi connectivity index (χ4v) is 1.79. The van der Waals surface area contributed by atoms with E-state index in [2.05, 4.69) is 15.5 Å². The van der Waals surface area contributed by atoms with Crippen molar-refractivity contribution in [3.05, 3.63) is 52.8 Å². The topological polar surface area (TPSA) is 57.8 Å². The molecule has 2 aromatic rings. The summed E-state index contributed by atoms with van der Waals surface area (Å²) >= 11 is 5.79. The molecule has 1 unspecified atom stereocenters. The third-order valence-electron chi connectivity index (χ3n) is 2.67. The first kappa shape index (κ1) is 12.6. The highest BCUT2D eigenvalue weighted by Gasteiger charge is 2.10. The largest absolute Gasteiger partial charge is 0.349 e. The highest BCUT2D eigenvalue weighted by Crippen LogP contribution is 2.12. The monoisotopic (exact) mass is 263 g/mol. The quantitative estimate of drug-likeness (QED) is 0.890. The summed E-state index contributed by atoms with van der Waals surface area (Å²) in [6, 6.07) is 7.21. The van der Waals surface area contributed by atoms with Gasteiger partial charge in [0.05, 0.1) is 18.7 Å². The zero-order chi connectivity index (χ0) is 13.0. The van der Waals surface area contributed by atoms with Gasteiger partial charge >= 0.3 is 0 Å². The van der Waals surface area contributed by atoms with Crippen LogP contribution in [0.5, 0.6) is 0 Å². The van der Waals surface area contributed by atoms with Crippen LogP contribution in [-0.4, -0.2) is 16.1 Å². The number of carbonyl (C=O) groups excluding carboxylic acids is 1. The summed E-state index contributed by atoms with van der Waals surface area (Å²) in [5.74, 6) is -0.0222. The second-order valence-corrected chi connectivity index (χ2v) is 4.56. The SMILES string of the molecule is CC(NC(=O)Cc1ccc(Cl)cc1)c1cn[nH]c1. The van der Waals surface area contributed by atoms with Gasteiger partial charge in [0.1, 0.15) is 0 Å². The smallest absolute Gasteiger partial charge is 0.224 e. The van der Waals surface area contributed by atoms with E-state index in [0.29, 0.717) is 11.4 Å². The van der Waals surface area contributed by atoms with E-state index < -0.39 is 0 Å². The number of aromatic amines is 1. The number of hydrogen-bond donors (Lipinski definition) is 2. The summed E-state index contributed by atoms with van der Waals surface area (Å²) in [5, 5.41) is 10.2. The Balaban J connectivity index is 1.91. The second-order valence-electron chi connectivity index (χ2n) is 4.12. The molecule has 1 aromatic carbocycles. The molecule has 1 amide bonds. The van der Waals surface area contributed by atoms with Gasteiger partial charge in [-0.3, -0.25) is 9.89 Å². The Kier molecular flexibility index (Phi) is 3.99. The van der Waals surface area contributed by atoms with Crippen molar-refractivity contribution >= 4 is 17.5 Å². The molecule has 0 saturated carbocycles. The minimum absolute atomic E-state index is 0.0222. The molecule has 1 heterocycles. The van der Waals surface area contributed by atoms with Crippen molar-refractivity contribution in [3.8, 4) is 0 Å². The van der Waals surface area contributed by atoms with Crippen LogP contribution in [0.1, 0.15) is 24.1 Å². The molecular weight excluding hydrogens is 250 g/mol. The van der Waals surface area contributed by atoms with E-state index in [0.717, 1.165) is 11.1 Å². The van der Waals surface area contributed by atoms with Gasteiger partial charge in [0.15, 0.2) is 0 Å². The van der Waals surface area contributed by atoms with E-state index >= 15 is 0 Å². The number of nitrogens with zero attached hydrogens (tertiary/aromatic N) is 1. The van der Waals surface area contributed by atoms with Gasteiger partial charge in [0.2, 0.25) is 5.91 Å². The maximum Gasteiger partial charge on any atom is 0.224 e. The molecule has 2 rings (SSSR count). The van der Waals surface area contributed by atoms with Crippen LogP contribution in [-0.2, 0) is 11.2 Å². The molecule has 0 aliphatic carbocycles. The number of benzene rings is 1. The van der Waals surface area contributed by atoms with Gasteiger partial charge < -0.3 is 5.32 Å². The number of nitrogens with one attached hydrogen (secondary N) is 2. The average molecular weight is 264 g/mol. The van der Waals surface area contributed by atoms with Gasteiger partial charge in [-0.15, -0.1) is 0 Å². The van der Waals surface area contributed by atoms with E-state index in [1.165, 1.54) is 0 Å². The molecule has 2 N–H and O–H groups in total. The molecule has 0 bridgehead atoms. The first-order valence-electron chi connectivity index (χ1n) is 5.67. The molecule has 1 atom stereocenters. The van der Waals surface area contributed by atoms with Crippen LogP contribution < -0.4 is 5.32 Å². The lowest BCUT2D eigenvalue weighted by molar-refractivity contribution is -0.121. The van der Waals surface area contributed by atoms with Crippen LogP contribution in [0.25, 0.3) is 0 Å². The Hall–Kier alpha value is -1.81. The average Bonchev–Trinajstić information content (AvgIpc) is 2.85. The van der Waals surface area contributed by atoms with Crippen molar-refractivity contribution < 1.29 is 4.79 Å². The van der Waals surface area contributed by atoms with Gasteiger partial charge in [-0.2, -0.15) is 5.10 Å². The summed E-state index contributed by atoms with van der Waals surface area (Å²) < 4.78 is 0. The van der Waals surface area contributed by atoms with E-state index in [9.17, 15) is 4.79 Å². The molecule has 94 valence electrons. The standard InChI is InChI=1S/C13H14ClN3O/c1-9(11-7-15-16-8-11)17-13(18)6-10-2-4-12(14)5-3-10/h2-5,7-9H,6H2,1H3,(H,15,16)(H,17,18). The molecule has 1 aromatic heterocycles. The minimum atomic E-state index is -0.0523. The molecule has 0 aliphatic rings. The zero-order valence-corrected chi connectivity index (χ0v) is 10.7. The molecule has 4 nitrogen and oxygen atoms in total. The summed E-state index contributed by atoms with van der Waals surface area (Å²) in [5.41, 5.74) is 1.90. The molecular formula is C13H14ClN3O. The third-order valence-corrected chi connectivity index (χ3v) is 2.93. The Morgan fingerprint density at radius 2 is 2.17 bits per heavy atom. The Bertz CT molecular complexity index is 508. The zero-order valence-electron chi connectivity index (χ0n) is 9.98. The number of amides is 1. The number of hydrogen-bond acceptors (Lipinski definition) is 2. The molecule has 18 heavy (non-hydrogen) atoms. The summed E-state index contributed by atoms with van der Waals surface area (Å²) in [7, 11) is 0. The van der Waals surface area contributed by atoms with E-state index in [1.807, 2.05) is 19.1 Å². The predicted octanol–water partition coefficient (Wildman–Crippen LogP) is 2.48. The van der Waals surface area contributed by atoms with E-state index in [1.54, 1.807) is 24.5 Å². The van der Waals surface area contributed by atoms with Crippen molar-refractivity contribution in [2.45, 2.75) is 19.4 Å². The first-order chi connectivity index (χ1) is 8.65. The maximum absolute atomic E-state index is 11.8. The Labute approximate surface area is 110 Å². The predicted molar refractivity (Wildman–Crippen MR) is 70.3 cm³/mol. The van der Waals surface area contributed by atoms with Gasteiger partial charge in [-0.1, -0.05) is 23.7 Å². The third kappa shape index (κ3) is 3.34. The fourth-order valence-electron chi connectivity index (χ4n) is 1.66. The lowest BCUT2D eigenvalue weighted by atomic mass is 10.1. The molecule has 5 heteroatoms. The van der Waals surface area contributed by atoms with E-state index in [-0.39, 0.29) is 11.9 Å². The number of halogens is 1. The number of carbonyl (C=O) groups is 1. The number of aromatic nitrogens is 2. The van der Waals surface area contributed by atoms with Crippen molar-refractivity contribution in [2.75, 3.05) is 0 Å². The lowest BCUT2D eigenvalue weighted by Gasteiger charge is -2.11. The van der Waals surface area contributed by atoms with Crippen molar-refractivity contribution in [1.82, 2.24) is 15.5 Å².